The molecule has 0 aromatic carbocycles. The molecule has 2 aromatic rings. The van der Waals surface area contributed by atoms with Crippen molar-refractivity contribution in [2.45, 2.75) is 51.7 Å². The van der Waals surface area contributed by atoms with E-state index in [2.05, 4.69) is 39.0 Å². The van der Waals surface area contributed by atoms with Crippen molar-refractivity contribution in [3.8, 4) is 0 Å². The lowest BCUT2D eigenvalue weighted by Crippen LogP contribution is -2.32. The van der Waals surface area contributed by atoms with Gasteiger partial charge in [-0.05, 0) is 19.4 Å². The SMILES string of the molecule is CC(C)c1nnc(CN2CCC[C@H]2Cn2cncn2)o1. The molecule has 0 saturated carbocycles. The first kappa shape index (κ1) is 13.2. The van der Waals surface area contributed by atoms with E-state index < -0.39 is 0 Å². The molecule has 0 spiro atoms. The maximum Gasteiger partial charge on any atom is 0.230 e. The molecule has 1 saturated heterocycles. The van der Waals surface area contributed by atoms with Crippen LogP contribution in [0.15, 0.2) is 17.1 Å². The topological polar surface area (TPSA) is 72.9 Å². The molecule has 1 aliphatic rings. The minimum atomic E-state index is 0.278. The monoisotopic (exact) mass is 276 g/mol. The highest BCUT2D eigenvalue weighted by Crippen LogP contribution is 2.21. The third-order valence-corrected chi connectivity index (χ3v) is 3.68. The number of rotatable bonds is 5. The second-order valence-corrected chi connectivity index (χ2v) is 5.57. The molecule has 20 heavy (non-hydrogen) atoms. The molecule has 0 radical (unpaired) electrons. The minimum absolute atomic E-state index is 0.278. The predicted octanol–water partition coefficient (Wildman–Crippen LogP) is 1.45. The molecular formula is C13H20N6O. The third kappa shape index (κ3) is 2.87. The van der Waals surface area contributed by atoms with Gasteiger partial charge in [0.2, 0.25) is 11.8 Å². The Morgan fingerprint density at radius 2 is 2.30 bits per heavy atom. The van der Waals surface area contributed by atoms with Crippen LogP contribution in [-0.4, -0.2) is 42.4 Å². The van der Waals surface area contributed by atoms with Gasteiger partial charge in [0, 0.05) is 12.0 Å². The van der Waals surface area contributed by atoms with Gasteiger partial charge in [-0.3, -0.25) is 9.58 Å². The Morgan fingerprint density at radius 3 is 3.00 bits per heavy atom. The van der Waals surface area contributed by atoms with E-state index in [1.165, 1.54) is 12.8 Å². The van der Waals surface area contributed by atoms with Crippen molar-refractivity contribution in [1.82, 2.24) is 29.9 Å². The van der Waals surface area contributed by atoms with Gasteiger partial charge in [0.15, 0.2) is 0 Å². The van der Waals surface area contributed by atoms with Gasteiger partial charge < -0.3 is 4.42 Å². The molecule has 7 heteroatoms. The standard InChI is InChI=1S/C13H20N6O/c1-10(2)13-17-16-12(20-13)7-18-5-3-4-11(18)6-19-9-14-8-15-19/h8-11H,3-7H2,1-2H3/t11-/m0/s1. The van der Waals surface area contributed by atoms with E-state index in [9.17, 15) is 0 Å². The molecule has 0 bridgehead atoms. The quantitative estimate of drug-likeness (QED) is 0.823. The first-order valence-corrected chi connectivity index (χ1v) is 7.11. The molecule has 1 atom stereocenters. The summed E-state index contributed by atoms with van der Waals surface area (Å²) in [5.74, 6) is 1.70. The second-order valence-electron chi connectivity index (χ2n) is 5.57. The van der Waals surface area contributed by atoms with E-state index in [-0.39, 0.29) is 5.92 Å². The van der Waals surface area contributed by atoms with Crippen LogP contribution < -0.4 is 0 Å². The van der Waals surface area contributed by atoms with Crippen LogP contribution in [0.25, 0.3) is 0 Å². The molecule has 0 N–H and O–H groups in total. The summed E-state index contributed by atoms with van der Waals surface area (Å²) in [7, 11) is 0. The van der Waals surface area contributed by atoms with Gasteiger partial charge in [-0.2, -0.15) is 5.10 Å². The fraction of sp³-hybridized carbons (Fsp3) is 0.692. The Balaban J connectivity index is 1.63. The lowest BCUT2D eigenvalue weighted by molar-refractivity contribution is 0.198. The molecule has 7 nitrogen and oxygen atoms in total. The van der Waals surface area contributed by atoms with E-state index in [1.54, 1.807) is 12.7 Å². The lowest BCUT2D eigenvalue weighted by atomic mass is 10.2. The van der Waals surface area contributed by atoms with Gasteiger partial charge in [0.05, 0.1) is 13.1 Å². The molecule has 1 fully saturated rings. The number of likely N-dealkylation sites (tertiary alicyclic amines) is 1. The van der Waals surface area contributed by atoms with Crippen LogP contribution in [0.4, 0.5) is 0 Å². The van der Waals surface area contributed by atoms with Crippen LogP contribution in [-0.2, 0) is 13.1 Å². The molecule has 3 heterocycles. The zero-order chi connectivity index (χ0) is 13.9. The molecular weight excluding hydrogens is 256 g/mol. The first-order valence-electron chi connectivity index (χ1n) is 7.11. The molecule has 108 valence electrons. The van der Waals surface area contributed by atoms with Crippen LogP contribution >= 0.6 is 0 Å². The third-order valence-electron chi connectivity index (χ3n) is 3.68. The van der Waals surface area contributed by atoms with Crippen molar-refractivity contribution in [3.05, 3.63) is 24.4 Å². The summed E-state index contributed by atoms with van der Waals surface area (Å²) in [5, 5.41) is 12.4. The van der Waals surface area contributed by atoms with Gasteiger partial charge in [0.25, 0.3) is 0 Å². The molecule has 3 rings (SSSR count). The van der Waals surface area contributed by atoms with Crippen LogP contribution in [0.1, 0.15) is 44.4 Å². The minimum Gasteiger partial charge on any atom is -0.424 e. The summed E-state index contributed by atoms with van der Waals surface area (Å²) < 4.78 is 7.58. The van der Waals surface area contributed by atoms with Crippen molar-refractivity contribution in [1.29, 1.82) is 0 Å². The van der Waals surface area contributed by atoms with Crippen LogP contribution in [0.3, 0.4) is 0 Å². The average Bonchev–Trinajstić information content (AvgIpc) is 3.13. The summed E-state index contributed by atoms with van der Waals surface area (Å²) in [5.41, 5.74) is 0. The predicted molar refractivity (Wildman–Crippen MR) is 71.8 cm³/mol. The van der Waals surface area contributed by atoms with Gasteiger partial charge in [-0.25, -0.2) is 4.98 Å². The van der Waals surface area contributed by atoms with Crippen LogP contribution in [0.2, 0.25) is 0 Å². The highest BCUT2D eigenvalue weighted by atomic mass is 16.4. The molecule has 0 unspecified atom stereocenters. The highest BCUT2D eigenvalue weighted by Gasteiger charge is 2.26. The summed E-state index contributed by atoms with van der Waals surface area (Å²) in [6.07, 6.45) is 5.71. The Bertz CT molecular complexity index is 535. The maximum absolute atomic E-state index is 5.69. The van der Waals surface area contributed by atoms with Gasteiger partial charge in [-0.15, -0.1) is 10.2 Å². The maximum atomic E-state index is 5.69. The average molecular weight is 276 g/mol. The fourth-order valence-electron chi connectivity index (χ4n) is 2.59. The van der Waals surface area contributed by atoms with Gasteiger partial charge >= 0.3 is 0 Å². The molecule has 2 aromatic heterocycles. The molecule has 0 amide bonds. The Hall–Kier alpha value is -1.76. The normalized spacial score (nSPS) is 20.1. The Morgan fingerprint density at radius 1 is 1.40 bits per heavy atom. The smallest absolute Gasteiger partial charge is 0.230 e. The van der Waals surface area contributed by atoms with Crippen LogP contribution in [0, 0.1) is 0 Å². The Labute approximate surface area is 118 Å². The highest BCUT2D eigenvalue weighted by molar-refractivity contribution is 4.89. The van der Waals surface area contributed by atoms with E-state index in [1.807, 2.05) is 4.68 Å². The zero-order valence-corrected chi connectivity index (χ0v) is 11.9. The van der Waals surface area contributed by atoms with E-state index >= 15 is 0 Å². The molecule has 0 aliphatic carbocycles. The van der Waals surface area contributed by atoms with Crippen molar-refractivity contribution in [3.63, 3.8) is 0 Å². The number of hydrogen-bond donors (Lipinski definition) is 0. The largest absolute Gasteiger partial charge is 0.424 e. The van der Waals surface area contributed by atoms with E-state index in [0.717, 1.165) is 19.6 Å². The lowest BCUT2D eigenvalue weighted by Gasteiger charge is -2.22. The summed E-state index contributed by atoms with van der Waals surface area (Å²) in [4.78, 5) is 6.38. The number of hydrogen-bond acceptors (Lipinski definition) is 6. The van der Waals surface area contributed by atoms with Crippen molar-refractivity contribution >= 4 is 0 Å². The number of aromatic nitrogens is 5. The number of nitrogens with zero attached hydrogens (tertiary/aromatic N) is 6. The summed E-state index contributed by atoms with van der Waals surface area (Å²) in [6, 6.07) is 0.464. The van der Waals surface area contributed by atoms with Crippen molar-refractivity contribution in [2.75, 3.05) is 6.54 Å². The van der Waals surface area contributed by atoms with Gasteiger partial charge in [-0.1, -0.05) is 13.8 Å². The summed E-state index contributed by atoms with van der Waals surface area (Å²) >= 11 is 0. The van der Waals surface area contributed by atoms with Crippen molar-refractivity contribution < 1.29 is 4.42 Å². The molecule has 1 aliphatic heterocycles. The van der Waals surface area contributed by atoms with Crippen LogP contribution in [0.5, 0.6) is 0 Å². The fourth-order valence-corrected chi connectivity index (χ4v) is 2.59. The zero-order valence-electron chi connectivity index (χ0n) is 11.9. The van der Waals surface area contributed by atoms with E-state index in [4.69, 9.17) is 4.42 Å². The summed E-state index contributed by atoms with van der Waals surface area (Å²) in [6.45, 7) is 6.77. The van der Waals surface area contributed by atoms with E-state index in [0.29, 0.717) is 17.8 Å². The van der Waals surface area contributed by atoms with Crippen molar-refractivity contribution in [2.24, 2.45) is 0 Å². The second kappa shape index (κ2) is 5.70. The Kier molecular flexibility index (Phi) is 3.77. The van der Waals surface area contributed by atoms with Gasteiger partial charge in [0.1, 0.15) is 12.7 Å². The first-order chi connectivity index (χ1) is 9.72.